The van der Waals surface area contributed by atoms with Crippen LogP contribution in [0.1, 0.15) is 16.1 Å². The maximum atomic E-state index is 5.60. The second kappa shape index (κ2) is 4.59. The molecular formula is C11H15N3S. The average Bonchev–Trinajstić information content (AvgIpc) is 2.85. The number of nitrogens with two attached hydrogens (primary N) is 1. The van der Waals surface area contributed by atoms with Crippen molar-refractivity contribution in [2.45, 2.75) is 26.4 Å². The van der Waals surface area contributed by atoms with Crippen molar-refractivity contribution < 1.29 is 0 Å². The molecule has 3 nitrogen and oxygen atoms in total. The van der Waals surface area contributed by atoms with E-state index in [0.29, 0.717) is 6.54 Å². The first-order chi connectivity index (χ1) is 7.31. The minimum absolute atomic E-state index is 0.574. The summed E-state index contributed by atoms with van der Waals surface area (Å²) in [6, 6.07) is 4.24. The van der Waals surface area contributed by atoms with E-state index < -0.39 is 0 Å². The molecule has 2 heterocycles. The van der Waals surface area contributed by atoms with Crippen molar-refractivity contribution in [2.75, 3.05) is 0 Å². The van der Waals surface area contributed by atoms with Crippen LogP contribution in [0, 0.1) is 6.92 Å². The number of rotatable bonds is 4. The zero-order valence-electron chi connectivity index (χ0n) is 8.81. The van der Waals surface area contributed by atoms with Gasteiger partial charge in [-0.2, -0.15) is 5.10 Å². The Bertz CT molecular complexity index is 417. The number of thiophene rings is 1. The summed E-state index contributed by atoms with van der Waals surface area (Å²) in [5.74, 6) is 0. The van der Waals surface area contributed by atoms with Crippen molar-refractivity contribution in [3.63, 3.8) is 0 Å². The summed E-state index contributed by atoms with van der Waals surface area (Å²) in [6.07, 6.45) is 2.91. The Hall–Kier alpha value is -1.13. The Morgan fingerprint density at radius 2 is 2.40 bits per heavy atom. The van der Waals surface area contributed by atoms with Gasteiger partial charge in [0.1, 0.15) is 0 Å². The summed E-state index contributed by atoms with van der Waals surface area (Å²) in [5.41, 5.74) is 7.93. The van der Waals surface area contributed by atoms with Gasteiger partial charge in [-0.05, 0) is 18.4 Å². The Morgan fingerprint density at radius 1 is 1.53 bits per heavy atom. The molecule has 0 atom stereocenters. The summed E-state index contributed by atoms with van der Waals surface area (Å²) in [7, 11) is 0. The van der Waals surface area contributed by atoms with Gasteiger partial charge in [-0.3, -0.25) is 4.68 Å². The van der Waals surface area contributed by atoms with Crippen LogP contribution in [0.5, 0.6) is 0 Å². The predicted octanol–water partition coefficient (Wildman–Crippen LogP) is 1.95. The molecule has 0 aliphatic rings. The minimum Gasteiger partial charge on any atom is -0.326 e. The third kappa shape index (κ3) is 2.27. The van der Waals surface area contributed by atoms with E-state index in [2.05, 4.69) is 29.5 Å². The summed E-state index contributed by atoms with van der Waals surface area (Å²) in [4.78, 5) is 1.40. The monoisotopic (exact) mass is 221 g/mol. The number of nitrogens with zero attached hydrogens (tertiary/aromatic N) is 2. The quantitative estimate of drug-likeness (QED) is 0.857. The fourth-order valence-electron chi connectivity index (χ4n) is 1.58. The molecule has 4 heteroatoms. The topological polar surface area (TPSA) is 43.8 Å². The smallest absolute Gasteiger partial charge is 0.0537 e. The summed E-state index contributed by atoms with van der Waals surface area (Å²) in [6.45, 7) is 3.58. The fraction of sp³-hybridized carbons (Fsp3) is 0.364. The molecule has 2 aromatic heterocycles. The molecule has 0 spiro atoms. The summed E-state index contributed by atoms with van der Waals surface area (Å²) in [5, 5.41) is 6.44. The van der Waals surface area contributed by atoms with Crippen molar-refractivity contribution in [1.29, 1.82) is 0 Å². The highest BCUT2D eigenvalue weighted by Crippen LogP contribution is 2.12. The van der Waals surface area contributed by atoms with E-state index in [1.165, 1.54) is 10.6 Å². The Balaban J connectivity index is 2.02. The standard InChI is InChI=1S/C11H15N3S/c1-9-10(7-12)8-13-14(9)5-4-11-3-2-6-15-11/h2-3,6,8H,4-5,7,12H2,1H3. The Morgan fingerprint density at radius 3 is 3.00 bits per heavy atom. The lowest BCUT2D eigenvalue weighted by atomic mass is 10.2. The van der Waals surface area contributed by atoms with Crippen molar-refractivity contribution in [1.82, 2.24) is 9.78 Å². The van der Waals surface area contributed by atoms with E-state index in [-0.39, 0.29) is 0 Å². The average molecular weight is 221 g/mol. The Kier molecular flexibility index (Phi) is 3.18. The van der Waals surface area contributed by atoms with Gasteiger partial charge < -0.3 is 5.73 Å². The SMILES string of the molecule is Cc1c(CN)cnn1CCc1cccs1. The molecule has 0 saturated carbocycles. The normalized spacial score (nSPS) is 10.8. The molecule has 0 amide bonds. The largest absolute Gasteiger partial charge is 0.326 e. The van der Waals surface area contributed by atoms with Crippen LogP contribution in [0.4, 0.5) is 0 Å². The van der Waals surface area contributed by atoms with E-state index in [1.807, 2.05) is 10.9 Å². The van der Waals surface area contributed by atoms with Crippen LogP contribution >= 0.6 is 11.3 Å². The number of aryl methyl sites for hydroxylation is 2. The third-order valence-corrected chi connectivity index (χ3v) is 3.51. The van der Waals surface area contributed by atoms with Crippen molar-refractivity contribution in [2.24, 2.45) is 5.73 Å². The highest BCUT2D eigenvalue weighted by molar-refractivity contribution is 7.09. The second-order valence-corrected chi connectivity index (χ2v) is 4.54. The van der Waals surface area contributed by atoms with Crippen LogP contribution in [0.3, 0.4) is 0 Å². The molecule has 0 bridgehead atoms. The van der Waals surface area contributed by atoms with Gasteiger partial charge in [0.15, 0.2) is 0 Å². The number of hydrogen-bond acceptors (Lipinski definition) is 3. The first-order valence-corrected chi connectivity index (χ1v) is 5.93. The molecule has 0 radical (unpaired) electrons. The summed E-state index contributed by atoms with van der Waals surface area (Å²) < 4.78 is 2.03. The van der Waals surface area contributed by atoms with Gasteiger partial charge in [-0.15, -0.1) is 11.3 Å². The maximum absolute atomic E-state index is 5.60. The molecule has 0 unspecified atom stereocenters. The molecule has 0 aliphatic heterocycles. The molecule has 0 saturated heterocycles. The molecule has 0 aliphatic carbocycles. The van der Waals surface area contributed by atoms with Crippen molar-refractivity contribution in [3.05, 3.63) is 39.8 Å². The Labute approximate surface area is 93.5 Å². The van der Waals surface area contributed by atoms with Gasteiger partial charge in [0, 0.05) is 35.6 Å². The van der Waals surface area contributed by atoms with Crippen molar-refractivity contribution in [3.8, 4) is 0 Å². The molecule has 15 heavy (non-hydrogen) atoms. The van der Waals surface area contributed by atoms with E-state index in [0.717, 1.165) is 18.5 Å². The highest BCUT2D eigenvalue weighted by Gasteiger charge is 2.04. The molecular weight excluding hydrogens is 206 g/mol. The second-order valence-electron chi connectivity index (χ2n) is 3.51. The highest BCUT2D eigenvalue weighted by atomic mass is 32.1. The van der Waals surface area contributed by atoms with Crippen LogP contribution in [0.2, 0.25) is 0 Å². The van der Waals surface area contributed by atoms with Gasteiger partial charge in [0.25, 0.3) is 0 Å². The van der Waals surface area contributed by atoms with Gasteiger partial charge in [-0.25, -0.2) is 0 Å². The van der Waals surface area contributed by atoms with Gasteiger partial charge in [-0.1, -0.05) is 6.07 Å². The van der Waals surface area contributed by atoms with Gasteiger partial charge in [0.2, 0.25) is 0 Å². The number of aromatic nitrogens is 2. The minimum atomic E-state index is 0.574. The fourth-order valence-corrected chi connectivity index (χ4v) is 2.28. The molecule has 0 fully saturated rings. The van der Waals surface area contributed by atoms with Crippen LogP contribution in [0.25, 0.3) is 0 Å². The van der Waals surface area contributed by atoms with Crippen LogP contribution < -0.4 is 5.73 Å². The third-order valence-electron chi connectivity index (χ3n) is 2.57. The van der Waals surface area contributed by atoms with Crippen LogP contribution in [-0.2, 0) is 19.5 Å². The maximum Gasteiger partial charge on any atom is 0.0537 e. The lowest BCUT2D eigenvalue weighted by molar-refractivity contribution is 0.600. The van der Waals surface area contributed by atoms with Crippen LogP contribution in [-0.4, -0.2) is 9.78 Å². The molecule has 80 valence electrons. The van der Waals surface area contributed by atoms with E-state index in [1.54, 1.807) is 11.3 Å². The molecule has 2 aromatic rings. The van der Waals surface area contributed by atoms with Gasteiger partial charge >= 0.3 is 0 Å². The molecule has 2 N–H and O–H groups in total. The van der Waals surface area contributed by atoms with Gasteiger partial charge in [0.05, 0.1) is 6.20 Å². The first-order valence-electron chi connectivity index (χ1n) is 5.05. The van der Waals surface area contributed by atoms with E-state index in [9.17, 15) is 0 Å². The lowest BCUT2D eigenvalue weighted by Crippen LogP contribution is -2.05. The zero-order chi connectivity index (χ0) is 10.7. The zero-order valence-corrected chi connectivity index (χ0v) is 9.63. The lowest BCUT2D eigenvalue weighted by Gasteiger charge is -2.03. The number of hydrogen-bond donors (Lipinski definition) is 1. The van der Waals surface area contributed by atoms with E-state index in [4.69, 9.17) is 5.73 Å². The summed E-state index contributed by atoms with van der Waals surface area (Å²) >= 11 is 1.79. The molecule has 2 rings (SSSR count). The van der Waals surface area contributed by atoms with Crippen LogP contribution in [0.15, 0.2) is 23.7 Å². The van der Waals surface area contributed by atoms with Crippen molar-refractivity contribution >= 4 is 11.3 Å². The molecule has 0 aromatic carbocycles. The van der Waals surface area contributed by atoms with E-state index >= 15 is 0 Å². The predicted molar refractivity (Wildman–Crippen MR) is 62.9 cm³/mol. The first kappa shape index (κ1) is 10.4.